The predicted octanol–water partition coefficient (Wildman–Crippen LogP) is 5.52. The van der Waals surface area contributed by atoms with E-state index < -0.39 is 0 Å². The third kappa shape index (κ3) is 3.77. The van der Waals surface area contributed by atoms with Crippen LogP contribution in [0.5, 0.6) is 5.75 Å². The summed E-state index contributed by atoms with van der Waals surface area (Å²) in [5, 5.41) is 2.80. The van der Waals surface area contributed by atoms with Crippen molar-refractivity contribution in [3.63, 3.8) is 0 Å². The van der Waals surface area contributed by atoms with Crippen molar-refractivity contribution in [2.75, 3.05) is 5.32 Å². The third-order valence-corrected chi connectivity index (χ3v) is 5.82. The summed E-state index contributed by atoms with van der Waals surface area (Å²) in [6.07, 6.45) is 8.07. The lowest BCUT2D eigenvalue weighted by Crippen LogP contribution is -2.17. The van der Waals surface area contributed by atoms with Crippen LogP contribution in [0.4, 0.5) is 5.69 Å². The number of nitrogens with one attached hydrogen (secondary N) is 1. The van der Waals surface area contributed by atoms with Gasteiger partial charge in [-0.3, -0.25) is 4.79 Å². The van der Waals surface area contributed by atoms with Gasteiger partial charge in [0.25, 0.3) is 0 Å². The van der Waals surface area contributed by atoms with Gasteiger partial charge in [-0.25, -0.2) is 0 Å². The molecule has 1 N–H and O–H groups in total. The van der Waals surface area contributed by atoms with Crippen LogP contribution in [-0.4, -0.2) is 5.91 Å². The van der Waals surface area contributed by atoms with E-state index in [0.717, 1.165) is 23.8 Å². The van der Waals surface area contributed by atoms with Gasteiger partial charge in [0.1, 0.15) is 11.9 Å². The summed E-state index contributed by atoms with van der Waals surface area (Å²) in [5.41, 5.74) is 3.59. The van der Waals surface area contributed by atoms with E-state index in [9.17, 15) is 4.79 Å². The van der Waals surface area contributed by atoms with Crippen molar-refractivity contribution in [1.82, 2.24) is 0 Å². The van der Waals surface area contributed by atoms with E-state index in [2.05, 4.69) is 29.6 Å². The Morgan fingerprint density at radius 2 is 1.81 bits per heavy atom. The molecule has 3 nitrogen and oxygen atoms in total. The van der Waals surface area contributed by atoms with Gasteiger partial charge in [0.05, 0.1) is 0 Å². The molecule has 0 aliphatic heterocycles. The number of hydrogen-bond donors (Lipinski definition) is 1. The van der Waals surface area contributed by atoms with Gasteiger partial charge in [-0.15, -0.1) is 0 Å². The molecule has 0 spiro atoms. The standard InChI is InChI=1S/C23H27NO2/c1-16(25)24-20-10-12-21(13-11-20)26-23-19(14-17-6-2-3-7-17)15-18-8-4-5-9-22(18)23/h4-5,8-13,17,19,23H,2-3,6-7,14-15H2,1H3,(H,24,25). The molecule has 2 aromatic carbocycles. The van der Waals surface area contributed by atoms with Crippen molar-refractivity contribution in [2.45, 2.75) is 51.6 Å². The lowest BCUT2D eigenvalue weighted by molar-refractivity contribution is -0.114. The number of hydrogen-bond acceptors (Lipinski definition) is 2. The second-order valence-corrected chi connectivity index (χ2v) is 7.79. The lowest BCUT2D eigenvalue weighted by atomic mass is 9.89. The van der Waals surface area contributed by atoms with Gasteiger partial charge in [-0.1, -0.05) is 49.9 Å². The van der Waals surface area contributed by atoms with Crippen LogP contribution < -0.4 is 10.1 Å². The smallest absolute Gasteiger partial charge is 0.221 e. The highest BCUT2D eigenvalue weighted by molar-refractivity contribution is 5.88. The molecule has 136 valence electrons. The molecule has 1 fully saturated rings. The van der Waals surface area contributed by atoms with E-state index >= 15 is 0 Å². The van der Waals surface area contributed by atoms with Gasteiger partial charge in [0.15, 0.2) is 0 Å². The summed E-state index contributed by atoms with van der Waals surface area (Å²) in [6, 6.07) is 16.5. The highest BCUT2D eigenvalue weighted by Gasteiger charge is 2.35. The quantitative estimate of drug-likeness (QED) is 0.772. The van der Waals surface area contributed by atoms with Crippen LogP contribution in [0.2, 0.25) is 0 Å². The monoisotopic (exact) mass is 349 g/mol. The van der Waals surface area contributed by atoms with E-state index in [1.54, 1.807) is 0 Å². The number of carbonyl (C=O) groups excluding carboxylic acids is 1. The topological polar surface area (TPSA) is 38.3 Å². The molecule has 0 aromatic heterocycles. The molecule has 0 saturated heterocycles. The van der Waals surface area contributed by atoms with Gasteiger partial charge in [-0.2, -0.15) is 0 Å². The molecule has 4 rings (SSSR count). The SMILES string of the molecule is CC(=O)Nc1ccc(OC2c3ccccc3CC2CC2CCCC2)cc1. The number of amides is 1. The molecule has 26 heavy (non-hydrogen) atoms. The Bertz CT molecular complexity index is 762. The average molecular weight is 349 g/mol. The zero-order chi connectivity index (χ0) is 17.9. The Morgan fingerprint density at radius 3 is 2.54 bits per heavy atom. The fraction of sp³-hybridized carbons (Fsp3) is 0.435. The Balaban J connectivity index is 1.51. The number of carbonyl (C=O) groups is 1. The summed E-state index contributed by atoms with van der Waals surface area (Å²) < 4.78 is 6.47. The maximum absolute atomic E-state index is 11.2. The van der Waals surface area contributed by atoms with Crippen LogP contribution in [0.1, 0.15) is 56.3 Å². The van der Waals surface area contributed by atoms with E-state index in [-0.39, 0.29) is 12.0 Å². The summed E-state index contributed by atoms with van der Waals surface area (Å²) in [4.78, 5) is 11.2. The first kappa shape index (κ1) is 17.1. The van der Waals surface area contributed by atoms with Gasteiger partial charge in [0, 0.05) is 18.5 Å². The van der Waals surface area contributed by atoms with Crippen LogP contribution in [0.25, 0.3) is 0 Å². The van der Waals surface area contributed by atoms with Crippen LogP contribution >= 0.6 is 0 Å². The zero-order valence-corrected chi connectivity index (χ0v) is 15.4. The Hall–Kier alpha value is -2.29. The average Bonchev–Trinajstić information content (AvgIpc) is 3.25. The molecule has 1 amide bonds. The van der Waals surface area contributed by atoms with E-state index in [0.29, 0.717) is 5.92 Å². The van der Waals surface area contributed by atoms with Crippen molar-refractivity contribution < 1.29 is 9.53 Å². The number of rotatable bonds is 5. The molecule has 2 unspecified atom stereocenters. The number of anilines is 1. The molecule has 2 atom stereocenters. The van der Waals surface area contributed by atoms with Crippen molar-refractivity contribution >= 4 is 11.6 Å². The lowest BCUT2D eigenvalue weighted by Gasteiger charge is -2.24. The van der Waals surface area contributed by atoms with Crippen molar-refractivity contribution in [3.8, 4) is 5.75 Å². The van der Waals surface area contributed by atoms with Crippen molar-refractivity contribution in [3.05, 3.63) is 59.7 Å². The molecular weight excluding hydrogens is 322 g/mol. The normalized spacial score (nSPS) is 22.2. The Kier molecular flexibility index (Phi) is 4.96. The number of fused-ring (bicyclic) bond motifs is 1. The maximum Gasteiger partial charge on any atom is 0.221 e. The summed E-state index contributed by atoms with van der Waals surface area (Å²) >= 11 is 0. The predicted molar refractivity (Wildman–Crippen MR) is 104 cm³/mol. The largest absolute Gasteiger partial charge is 0.485 e. The molecule has 0 bridgehead atoms. The molecule has 1 saturated carbocycles. The Labute approximate surface area is 155 Å². The van der Waals surface area contributed by atoms with Gasteiger partial charge in [-0.05, 0) is 54.2 Å². The third-order valence-electron chi connectivity index (χ3n) is 5.82. The fourth-order valence-electron chi connectivity index (χ4n) is 4.65. The molecule has 2 aliphatic rings. The van der Waals surface area contributed by atoms with E-state index in [4.69, 9.17) is 4.74 Å². The summed E-state index contributed by atoms with van der Waals surface area (Å²) in [7, 11) is 0. The van der Waals surface area contributed by atoms with E-state index in [1.165, 1.54) is 50.2 Å². The first-order chi connectivity index (χ1) is 12.7. The summed E-state index contributed by atoms with van der Waals surface area (Å²) in [6.45, 7) is 1.52. The number of benzene rings is 2. The second kappa shape index (κ2) is 7.53. The number of ether oxygens (including phenoxy) is 1. The zero-order valence-electron chi connectivity index (χ0n) is 15.4. The van der Waals surface area contributed by atoms with Crippen LogP contribution in [0.15, 0.2) is 48.5 Å². The van der Waals surface area contributed by atoms with Crippen LogP contribution in [-0.2, 0) is 11.2 Å². The van der Waals surface area contributed by atoms with Crippen LogP contribution in [0, 0.1) is 11.8 Å². The minimum absolute atomic E-state index is 0.0555. The first-order valence-electron chi connectivity index (χ1n) is 9.81. The van der Waals surface area contributed by atoms with Crippen molar-refractivity contribution in [2.24, 2.45) is 11.8 Å². The highest BCUT2D eigenvalue weighted by atomic mass is 16.5. The minimum Gasteiger partial charge on any atom is -0.485 e. The van der Waals surface area contributed by atoms with Crippen molar-refractivity contribution in [1.29, 1.82) is 0 Å². The second-order valence-electron chi connectivity index (χ2n) is 7.79. The Morgan fingerprint density at radius 1 is 1.08 bits per heavy atom. The molecular formula is C23H27NO2. The molecule has 2 aromatic rings. The molecule has 3 heteroatoms. The molecule has 0 radical (unpaired) electrons. The van der Waals surface area contributed by atoms with Crippen LogP contribution in [0.3, 0.4) is 0 Å². The van der Waals surface area contributed by atoms with Gasteiger partial charge < -0.3 is 10.1 Å². The molecule has 0 heterocycles. The minimum atomic E-state index is -0.0555. The fourth-order valence-corrected chi connectivity index (χ4v) is 4.65. The van der Waals surface area contributed by atoms with E-state index in [1.807, 2.05) is 24.3 Å². The van der Waals surface area contributed by atoms with Gasteiger partial charge >= 0.3 is 0 Å². The first-order valence-corrected chi connectivity index (χ1v) is 9.81. The van der Waals surface area contributed by atoms with Gasteiger partial charge in [0.2, 0.25) is 5.91 Å². The maximum atomic E-state index is 11.2. The highest BCUT2D eigenvalue weighted by Crippen LogP contribution is 2.44. The molecule has 2 aliphatic carbocycles. The summed E-state index contributed by atoms with van der Waals surface area (Å²) in [5.74, 6) is 2.24.